The van der Waals surface area contributed by atoms with Gasteiger partial charge in [-0.3, -0.25) is 4.79 Å². The van der Waals surface area contributed by atoms with Gasteiger partial charge in [0.05, 0.1) is 6.42 Å². The minimum Gasteiger partial charge on any atom is -0.507 e. The number of benzene rings is 2. The highest BCUT2D eigenvalue weighted by atomic mass is 16.6. The summed E-state index contributed by atoms with van der Waals surface area (Å²) in [6.45, 7) is 4.51. The average molecular weight is 386 g/mol. The molecule has 2 aromatic rings. The number of amides is 1. The molecule has 150 valence electrons. The summed E-state index contributed by atoms with van der Waals surface area (Å²) in [5, 5.41) is 13.0. The van der Waals surface area contributed by atoms with E-state index >= 15 is 0 Å². The SMILES string of the molecule is CC(C)NCC(COc1ccc(CC(N)=O)cc1)OC(=O)c1ccccc1O. The molecular formula is C21H26N2O5. The third-order valence-electron chi connectivity index (χ3n) is 3.89. The van der Waals surface area contributed by atoms with Crippen molar-refractivity contribution in [1.82, 2.24) is 5.32 Å². The number of ether oxygens (including phenoxy) is 2. The van der Waals surface area contributed by atoms with Gasteiger partial charge in [0.2, 0.25) is 5.91 Å². The third-order valence-corrected chi connectivity index (χ3v) is 3.89. The van der Waals surface area contributed by atoms with Gasteiger partial charge in [-0.1, -0.05) is 38.1 Å². The summed E-state index contributed by atoms with van der Waals surface area (Å²) in [6.07, 6.45) is -0.390. The predicted molar refractivity (Wildman–Crippen MR) is 105 cm³/mol. The van der Waals surface area contributed by atoms with Crippen LogP contribution in [0.3, 0.4) is 0 Å². The first kappa shape index (κ1) is 21.2. The van der Waals surface area contributed by atoms with Gasteiger partial charge in [0.15, 0.2) is 0 Å². The van der Waals surface area contributed by atoms with Crippen LogP contribution >= 0.6 is 0 Å². The normalized spacial score (nSPS) is 11.8. The van der Waals surface area contributed by atoms with E-state index in [2.05, 4.69) is 5.32 Å². The van der Waals surface area contributed by atoms with E-state index in [-0.39, 0.29) is 30.4 Å². The van der Waals surface area contributed by atoms with E-state index in [0.717, 1.165) is 5.56 Å². The lowest BCUT2D eigenvalue weighted by atomic mass is 10.1. The zero-order valence-corrected chi connectivity index (χ0v) is 16.1. The number of nitrogens with one attached hydrogen (secondary N) is 1. The van der Waals surface area contributed by atoms with Crippen LogP contribution in [0.15, 0.2) is 48.5 Å². The third kappa shape index (κ3) is 6.92. The molecule has 0 heterocycles. The molecule has 0 aromatic heterocycles. The van der Waals surface area contributed by atoms with Crippen molar-refractivity contribution >= 4 is 11.9 Å². The quantitative estimate of drug-likeness (QED) is 0.539. The molecular weight excluding hydrogens is 360 g/mol. The van der Waals surface area contributed by atoms with E-state index in [0.29, 0.717) is 12.3 Å². The smallest absolute Gasteiger partial charge is 0.342 e. The van der Waals surface area contributed by atoms with Crippen LogP contribution < -0.4 is 15.8 Å². The molecule has 1 amide bonds. The van der Waals surface area contributed by atoms with Gasteiger partial charge in [0, 0.05) is 12.6 Å². The number of phenolic OH excluding ortho intramolecular Hbond substituents is 1. The molecule has 1 unspecified atom stereocenters. The Labute approximate surface area is 164 Å². The van der Waals surface area contributed by atoms with Crippen LogP contribution in [0.4, 0.5) is 0 Å². The van der Waals surface area contributed by atoms with Crippen LogP contribution in [-0.4, -0.2) is 42.3 Å². The summed E-state index contributed by atoms with van der Waals surface area (Å²) < 4.78 is 11.2. The van der Waals surface area contributed by atoms with Crippen molar-refractivity contribution in [3.8, 4) is 11.5 Å². The summed E-state index contributed by atoms with van der Waals surface area (Å²) in [5.41, 5.74) is 6.08. The van der Waals surface area contributed by atoms with Crippen molar-refractivity contribution in [1.29, 1.82) is 0 Å². The number of hydrogen-bond donors (Lipinski definition) is 3. The number of aromatic hydroxyl groups is 1. The van der Waals surface area contributed by atoms with Crippen LogP contribution in [0, 0.1) is 0 Å². The summed E-state index contributed by atoms with van der Waals surface area (Å²) in [4.78, 5) is 23.3. The first-order valence-electron chi connectivity index (χ1n) is 9.07. The molecule has 1 atom stereocenters. The van der Waals surface area contributed by atoms with Gasteiger partial charge < -0.3 is 25.6 Å². The van der Waals surface area contributed by atoms with E-state index in [1.54, 1.807) is 36.4 Å². The fourth-order valence-electron chi connectivity index (χ4n) is 2.46. The number of para-hydroxylation sites is 1. The summed E-state index contributed by atoms with van der Waals surface area (Å²) >= 11 is 0. The van der Waals surface area contributed by atoms with Crippen molar-refractivity contribution in [3.05, 3.63) is 59.7 Å². The lowest BCUT2D eigenvalue weighted by Gasteiger charge is -2.20. The Balaban J connectivity index is 1.99. The molecule has 2 aromatic carbocycles. The zero-order chi connectivity index (χ0) is 20.5. The molecule has 0 spiro atoms. The van der Waals surface area contributed by atoms with Gasteiger partial charge in [-0.15, -0.1) is 0 Å². The molecule has 7 nitrogen and oxygen atoms in total. The molecule has 7 heteroatoms. The number of rotatable bonds is 10. The maximum atomic E-state index is 12.4. The molecule has 0 radical (unpaired) electrons. The Kier molecular flexibility index (Phi) is 7.83. The predicted octanol–water partition coefficient (Wildman–Crippen LogP) is 2.02. The van der Waals surface area contributed by atoms with Crippen LogP contribution in [0.25, 0.3) is 0 Å². The van der Waals surface area contributed by atoms with Crippen LogP contribution in [-0.2, 0) is 16.0 Å². The van der Waals surface area contributed by atoms with Crippen LogP contribution in [0.5, 0.6) is 11.5 Å². The summed E-state index contributed by atoms with van der Waals surface area (Å²) in [6, 6.07) is 13.4. The highest BCUT2D eigenvalue weighted by molar-refractivity contribution is 5.92. The molecule has 0 aliphatic rings. The number of esters is 1. The Morgan fingerprint density at radius 3 is 2.39 bits per heavy atom. The number of carbonyl (C=O) groups excluding carboxylic acids is 2. The van der Waals surface area contributed by atoms with E-state index < -0.39 is 18.0 Å². The lowest BCUT2D eigenvalue weighted by Crippen LogP contribution is -2.38. The van der Waals surface area contributed by atoms with Gasteiger partial charge in [0.1, 0.15) is 29.8 Å². The largest absolute Gasteiger partial charge is 0.507 e. The highest BCUT2D eigenvalue weighted by Gasteiger charge is 2.19. The maximum Gasteiger partial charge on any atom is 0.342 e. The Hall–Kier alpha value is -3.06. The second-order valence-corrected chi connectivity index (χ2v) is 6.71. The number of phenols is 1. The number of carbonyl (C=O) groups is 2. The van der Waals surface area contributed by atoms with E-state index in [4.69, 9.17) is 15.2 Å². The molecule has 0 aliphatic carbocycles. The van der Waals surface area contributed by atoms with E-state index in [9.17, 15) is 14.7 Å². The molecule has 0 saturated heterocycles. The van der Waals surface area contributed by atoms with Crippen LogP contribution in [0.2, 0.25) is 0 Å². The minimum absolute atomic E-state index is 0.104. The highest BCUT2D eigenvalue weighted by Crippen LogP contribution is 2.18. The topological polar surface area (TPSA) is 111 Å². The molecule has 0 bridgehead atoms. The molecule has 0 fully saturated rings. The molecule has 28 heavy (non-hydrogen) atoms. The fraction of sp³-hybridized carbons (Fsp3) is 0.333. The Morgan fingerprint density at radius 2 is 1.79 bits per heavy atom. The van der Waals surface area contributed by atoms with Gasteiger partial charge >= 0.3 is 5.97 Å². The standard InChI is InChI=1S/C21H26N2O5/c1-14(2)23-12-17(28-21(26)18-5-3-4-6-19(18)24)13-27-16-9-7-15(8-10-16)11-20(22)25/h3-10,14,17,23-24H,11-13H2,1-2H3,(H2,22,25). The van der Waals surface area contributed by atoms with Gasteiger partial charge in [0.25, 0.3) is 0 Å². The second kappa shape index (κ2) is 10.3. The monoisotopic (exact) mass is 386 g/mol. The number of hydrogen-bond acceptors (Lipinski definition) is 6. The maximum absolute atomic E-state index is 12.4. The van der Waals surface area contributed by atoms with Crippen LogP contribution in [0.1, 0.15) is 29.8 Å². The van der Waals surface area contributed by atoms with Gasteiger partial charge in [-0.2, -0.15) is 0 Å². The van der Waals surface area contributed by atoms with Crippen molar-refractivity contribution in [2.24, 2.45) is 5.73 Å². The van der Waals surface area contributed by atoms with Crippen molar-refractivity contribution in [2.75, 3.05) is 13.2 Å². The average Bonchev–Trinajstić information content (AvgIpc) is 2.64. The Morgan fingerprint density at radius 1 is 1.11 bits per heavy atom. The number of nitrogens with two attached hydrogens (primary N) is 1. The first-order valence-corrected chi connectivity index (χ1v) is 9.07. The van der Waals surface area contributed by atoms with E-state index in [1.807, 2.05) is 13.8 Å². The zero-order valence-electron chi connectivity index (χ0n) is 16.1. The van der Waals surface area contributed by atoms with Crippen molar-refractivity contribution in [3.63, 3.8) is 0 Å². The lowest BCUT2D eigenvalue weighted by molar-refractivity contribution is -0.117. The Bertz CT molecular complexity index is 790. The molecule has 4 N–H and O–H groups in total. The van der Waals surface area contributed by atoms with Crippen molar-refractivity contribution < 1.29 is 24.2 Å². The summed E-state index contributed by atoms with van der Waals surface area (Å²) in [5.74, 6) is -0.561. The number of primary amides is 1. The summed E-state index contributed by atoms with van der Waals surface area (Å²) in [7, 11) is 0. The fourth-order valence-corrected chi connectivity index (χ4v) is 2.46. The minimum atomic E-state index is -0.617. The first-order chi connectivity index (χ1) is 13.3. The van der Waals surface area contributed by atoms with Gasteiger partial charge in [-0.05, 0) is 29.8 Å². The van der Waals surface area contributed by atoms with Gasteiger partial charge in [-0.25, -0.2) is 4.79 Å². The molecule has 0 aliphatic heterocycles. The second-order valence-electron chi connectivity index (χ2n) is 6.71. The van der Waals surface area contributed by atoms with Crippen molar-refractivity contribution in [2.45, 2.75) is 32.4 Å². The molecule has 0 saturated carbocycles. The molecule has 2 rings (SSSR count). The van der Waals surface area contributed by atoms with E-state index in [1.165, 1.54) is 12.1 Å².